The van der Waals surface area contributed by atoms with Gasteiger partial charge in [0, 0.05) is 5.38 Å². The molecule has 2 heteroatoms. The summed E-state index contributed by atoms with van der Waals surface area (Å²) in [5.41, 5.74) is 0. The van der Waals surface area contributed by atoms with Crippen molar-refractivity contribution >= 4 is 11.3 Å². The molecule has 0 radical (unpaired) electrons. The van der Waals surface area contributed by atoms with Crippen molar-refractivity contribution in [2.75, 3.05) is 6.61 Å². The first kappa shape index (κ1) is 14.6. The second-order valence-electron chi connectivity index (χ2n) is 4.64. The Bertz CT molecular complexity index is 243. The molecule has 0 atom stereocenters. The topological polar surface area (TPSA) is 9.23 Å². The van der Waals surface area contributed by atoms with Gasteiger partial charge in [-0.15, -0.1) is 11.3 Å². The number of hydrogen-bond acceptors (Lipinski definition) is 2. The zero-order valence-electron chi connectivity index (χ0n) is 11.1. The Hall–Kier alpha value is -0.500. The molecule has 1 aromatic rings. The Morgan fingerprint density at radius 3 is 2.18 bits per heavy atom. The lowest BCUT2D eigenvalue weighted by molar-refractivity contribution is 0.305. The average molecular weight is 254 g/mol. The van der Waals surface area contributed by atoms with Gasteiger partial charge in [-0.25, -0.2) is 0 Å². The molecule has 1 nitrogen and oxygen atoms in total. The maximum Gasteiger partial charge on any atom is 0.129 e. The maximum absolute atomic E-state index is 5.62. The Kier molecular flexibility index (Phi) is 9.11. The van der Waals surface area contributed by atoms with Crippen LogP contribution in [0.2, 0.25) is 0 Å². The monoisotopic (exact) mass is 254 g/mol. The van der Waals surface area contributed by atoms with Gasteiger partial charge < -0.3 is 4.74 Å². The van der Waals surface area contributed by atoms with Crippen LogP contribution in [0.15, 0.2) is 16.8 Å². The van der Waals surface area contributed by atoms with Gasteiger partial charge in [0.25, 0.3) is 0 Å². The fourth-order valence-corrected chi connectivity index (χ4v) is 2.51. The third-order valence-electron chi connectivity index (χ3n) is 3.01. The van der Waals surface area contributed by atoms with Crippen LogP contribution in [0, 0.1) is 0 Å². The van der Waals surface area contributed by atoms with E-state index in [1.165, 1.54) is 57.8 Å². The van der Waals surface area contributed by atoms with E-state index in [4.69, 9.17) is 4.74 Å². The predicted octanol–water partition coefficient (Wildman–Crippen LogP) is 5.66. The van der Waals surface area contributed by atoms with Gasteiger partial charge in [0.2, 0.25) is 0 Å². The SMILES string of the molecule is CCCCCCCCCCCOc1ccsc1. The van der Waals surface area contributed by atoms with Gasteiger partial charge in [0.1, 0.15) is 5.75 Å². The highest BCUT2D eigenvalue weighted by atomic mass is 32.1. The molecule has 0 aromatic carbocycles. The van der Waals surface area contributed by atoms with Crippen LogP contribution in [0.5, 0.6) is 5.75 Å². The van der Waals surface area contributed by atoms with Crippen molar-refractivity contribution in [1.29, 1.82) is 0 Å². The first-order valence-electron chi connectivity index (χ1n) is 7.08. The lowest BCUT2D eigenvalue weighted by atomic mass is 10.1. The largest absolute Gasteiger partial charge is 0.493 e. The first-order chi connectivity index (χ1) is 8.43. The molecule has 0 fully saturated rings. The highest BCUT2D eigenvalue weighted by Crippen LogP contribution is 2.15. The molecule has 1 rings (SSSR count). The van der Waals surface area contributed by atoms with Crippen LogP contribution in [0.25, 0.3) is 0 Å². The lowest BCUT2D eigenvalue weighted by Gasteiger charge is -2.04. The van der Waals surface area contributed by atoms with Crippen LogP contribution in [0.3, 0.4) is 0 Å². The van der Waals surface area contributed by atoms with Crippen molar-refractivity contribution in [3.63, 3.8) is 0 Å². The number of ether oxygens (including phenoxy) is 1. The van der Waals surface area contributed by atoms with E-state index >= 15 is 0 Å². The summed E-state index contributed by atoms with van der Waals surface area (Å²) in [6, 6.07) is 2.04. The maximum atomic E-state index is 5.62. The molecule has 1 aromatic heterocycles. The Morgan fingerprint density at radius 2 is 1.59 bits per heavy atom. The van der Waals surface area contributed by atoms with Crippen molar-refractivity contribution < 1.29 is 4.74 Å². The number of unbranched alkanes of at least 4 members (excludes halogenated alkanes) is 8. The highest BCUT2D eigenvalue weighted by Gasteiger charge is 1.94. The molecular weight excluding hydrogens is 228 g/mol. The predicted molar refractivity (Wildman–Crippen MR) is 77.0 cm³/mol. The summed E-state index contributed by atoms with van der Waals surface area (Å²) in [4.78, 5) is 0. The smallest absolute Gasteiger partial charge is 0.129 e. The molecule has 0 aliphatic heterocycles. The van der Waals surface area contributed by atoms with E-state index in [2.05, 4.69) is 17.7 Å². The van der Waals surface area contributed by atoms with E-state index in [-0.39, 0.29) is 0 Å². The van der Waals surface area contributed by atoms with Gasteiger partial charge in [-0.2, -0.15) is 0 Å². The Balaban J connectivity index is 1.76. The van der Waals surface area contributed by atoms with E-state index in [0.29, 0.717) is 0 Å². The first-order valence-corrected chi connectivity index (χ1v) is 8.02. The van der Waals surface area contributed by atoms with Crippen molar-refractivity contribution in [3.05, 3.63) is 16.8 Å². The number of hydrogen-bond donors (Lipinski definition) is 0. The molecule has 0 saturated heterocycles. The lowest BCUT2D eigenvalue weighted by Crippen LogP contribution is -1.95. The van der Waals surface area contributed by atoms with E-state index in [1.807, 2.05) is 6.07 Å². The summed E-state index contributed by atoms with van der Waals surface area (Å²) >= 11 is 1.70. The normalized spacial score (nSPS) is 10.6. The van der Waals surface area contributed by atoms with Crippen LogP contribution >= 0.6 is 11.3 Å². The highest BCUT2D eigenvalue weighted by molar-refractivity contribution is 7.08. The zero-order valence-corrected chi connectivity index (χ0v) is 11.9. The standard InChI is InChI=1S/C15H26OS/c1-2-3-4-5-6-7-8-9-10-12-16-15-11-13-17-14-15/h11,13-14H,2-10,12H2,1H3. The van der Waals surface area contributed by atoms with Gasteiger partial charge in [-0.3, -0.25) is 0 Å². The molecule has 98 valence electrons. The summed E-state index contributed by atoms with van der Waals surface area (Å²) in [6.07, 6.45) is 12.3. The summed E-state index contributed by atoms with van der Waals surface area (Å²) in [5.74, 6) is 1.04. The second-order valence-corrected chi connectivity index (χ2v) is 5.42. The van der Waals surface area contributed by atoms with Crippen molar-refractivity contribution in [2.45, 2.75) is 64.7 Å². The minimum absolute atomic E-state index is 0.882. The van der Waals surface area contributed by atoms with Crippen LogP contribution in [-0.2, 0) is 0 Å². The van der Waals surface area contributed by atoms with Crippen molar-refractivity contribution in [3.8, 4) is 5.75 Å². The Morgan fingerprint density at radius 1 is 0.941 bits per heavy atom. The number of rotatable bonds is 11. The molecule has 0 spiro atoms. The summed E-state index contributed by atoms with van der Waals surface area (Å²) < 4.78 is 5.62. The molecule has 0 saturated carbocycles. The third-order valence-corrected chi connectivity index (χ3v) is 3.67. The molecule has 0 aliphatic carbocycles. The van der Waals surface area contributed by atoms with Crippen molar-refractivity contribution in [2.24, 2.45) is 0 Å². The van der Waals surface area contributed by atoms with Crippen molar-refractivity contribution in [1.82, 2.24) is 0 Å². The van der Waals surface area contributed by atoms with Gasteiger partial charge in [0.05, 0.1) is 6.61 Å². The summed E-state index contributed by atoms with van der Waals surface area (Å²) in [5, 5.41) is 4.12. The van der Waals surface area contributed by atoms with E-state index in [1.54, 1.807) is 11.3 Å². The molecule has 17 heavy (non-hydrogen) atoms. The van der Waals surface area contributed by atoms with Crippen LogP contribution < -0.4 is 4.74 Å². The van der Waals surface area contributed by atoms with Crippen LogP contribution in [0.1, 0.15) is 64.7 Å². The fourth-order valence-electron chi connectivity index (χ4n) is 1.94. The molecule has 0 amide bonds. The minimum atomic E-state index is 0.882. The zero-order chi connectivity index (χ0) is 12.2. The molecular formula is C15H26OS. The summed E-state index contributed by atoms with van der Waals surface area (Å²) in [6.45, 7) is 3.15. The Labute approximate surface area is 110 Å². The molecule has 0 N–H and O–H groups in total. The van der Waals surface area contributed by atoms with Crippen LogP contribution in [0.4, 0.5) is 0 Å². The molecule has 1 heterocycles. The molecule has 0 aliphatic rings. The molecule has 0 unspecified atom stereocenters. The minimum Gasteiger partial charge on any atom is -0.493 e. The van der Waals surface area contributed by atoms with E-state index in [0.717, 1.165) is 12.4 Å². The van der Waals surface area contributed by atoms with E-state index in [9.17, 15) is 0 Å². The average Bonchev–Trinajstić information content (AvgIpc) is 2.85. The third kappa shape index (κ3) is 8.25. The summed E-state index contributed by atoms with van der Waals surface area (Å²) in [7, 11) is 0. The number of thiophene rings is 1. The van der Waals surface area contributed by atoms with Gasteiger partial charge in [0.15, 0.2) is 0 Å². The quantitative estimate of drug-likeness (QED) is 0.463. The van der Waals surface area contributed by atoms with Gasteiger partial charge in [-0.1, -0.05) is 58.3 Å². The fraction of sp³-hybridized carbons (Fsp3) is 0.733. The van der Waals surface area contributed by atoms with Crippen LogP contribution in [-0.4, -0.2) is 6.61 Å². The van der Waals surface area contributed by atoms with Gasteiger partial charge >= 0.3 is 0 Å². The van der Waals surface area contributed by atoms with E-state index < -0.39 is 0 Å². The second kappa shape index (κ2) is 10.6. The molecule has 0 bridgehead atoms. The van der Waals surface area contributed by atoms with Gasteiger partial charge in [-0.05, 0) is 17.9 Å².